The van der Waals surface area contributed by atoms with Crippen molar-refractivity contribution in [1.82, 2.24) is 9.97 Å². The summed E-state index contributed by atoms with van der Waals surface area (Å²) in [6, 6.07) is 24.7. The Morgan fingerprint density at radius 1 is 0.853 bits per heavy atom. The number of carbonyl (C=O) groups is 2. The van der Waals surface area contributed by atoms with Crippen molar-refractivity contribution >= 4 is 11.9 Å². The van der Waals surface area contributed by atoms with Crippen molar-refractivity contribution in [3.63, 3.8) is 0 Å². The molecule has 0 aliphatic heterocycles. The van der Waals surface area contributed by atoms with Gasteiger partial charge in [-0.25, -0.2) is 14.6 Å². The first-order valence-electron chi connectivity index (χ1n) is 11.1. The lowest BCUT2D eigenvalue weighted by molar-refractivity contribution is 0.0464. The molecule has 1 heterocycles. The monoisotopic (exact) mass is 454 g/mol. The fraction of sp³-hybridized carbons (Fsp3) is 0.179. The van der Waals surface area contributed by atoms with Gasteiger partial charge in [0.2, 0.25) is 0 Å². The summed E-state index contributed by atoms with van der Waals surface area (Å²) in [7, 11) is 1.36. The summed E-state index contributed by atoms with van der Waals surface area (Å²) < 4.78 is 10.4. The molecule has 6 nitrogen and oxygen atoms in total. The summed E-state index contributed by atoms with van der Waals surface area (Å²) in [6.45, 7) is 2.18. The Hall–Kier alpha value is -4.19. The average Bonchev–Trinajstić information content (AvgIpc) is 3.30. The van der Waals surface area contributed by atoms with Crippen molar-refractivity contribution in [3.05, 3.63) is 113 Å². The van der Waals surface area contributed by atoms with E-state index in [1.807, 2.05) is 73.7 Å². The second kappa shape index (κ2) is 10.6. The molecule has 34 heavy (non-hydrogen) atoms. The van der Waals surface area contributed by atoms with Crippen molar-refractivity contribution in [3.8, 4) is 11.4 Å². The van der Waals surface area contributed by atoms with Gasteiger partial charge in [0.15, 0.2) is 5.69 Å². The van der Waals surface area contributed by atoms with Gasteiger partial charge in [0, 0.05) is 5.56 Å². The van der Waals surface area contributed by atoms with E-state index in [2.05, 4.69) is 9.97 Å². The van der Waals surface area contributed by atoms with Crippen LogP contribution in [-0.4, -0.2) is 29.0 Å². The van der Waals surface area contributed by atoms with Gasteiger partial charge in [-0.15, -0.1) is 0 Å². The van der Waals surface area contributed by atoms with Crippen molar-refractivity contribution < 1.29 is 19.1 Å². The van der Waals surface area contributed by atoms with E-state index in [4.69, 9.17) is 9.47 Å². The molecule has 0 aliphatic rings. The maximum Gasteiger partial charge on any atom is 0.359 e. The van der Waals surface area contributed by atoms with Crippen LogP contribution in [0.1, 0.15) is 43.2 Å². The van der Waals surface area contributed by atoms with Gasteiger partial charge in [-0.3, -0.25) is 0 Å². The number of imidazole rings is 1. The summed E-state index contributed by atoms with van der Waals surface area (Å²) in [6.07, 6.45) is 1.14. The minimum atomic E-state index is -0.474. The first-order valence-corrected chi connectivity index (χ1v) is 11.1. The molecule has 3 aromatic carbocycles. The number of H-pyrrole nitrogens is 1. The van der Waals surface area contributed by atoms with Crippen molar-refractivity contribution in [2.24, 2.45) is 0 Å². The molecule has 0 amide bonds. The summed E-state index contributed by atoms with van der Waals surface area (Å²) in [5.74, 6) is -0.225. The predicted octanol–water partition coefficient (Wildman–Crippen LogP) is 5.31. The molecule has 0 saturated heterocycles. The van der Waals surface area contributed by atoms with Gasteiger partial charge < -0.3 is 14.5 Å². The third-order valence-corrected chi connectivity index (χ3v) is 5.60. The Bertz CT molecular complexity index is 1290. The number of nitrogens with one attached hydrogen (secondary N) is 1. The quantitative estimate of drug-likeness (QED) is 0.365. The zero-order valence-electron chi connectivity index (χ0n) is 19.2. The standard InChI is InChI=1S/C28H26N2O4/c1-19-9-6-7-14-23(19)26-29-24(16-15-20-12-8-13-22(17-20)27(31)33-2)25(30-26)28(32)34-18-21-10-4-3-5-11-21/h3-14,17H,15-16,18H2,1-2H3,(H,29,30). The second-order valence-electron chi connectivity index (χ2n) is 7.98. The number of methoxy groups -OCH3 is 1. The molecule has 0 radical (unpaired) electrons. The molecular formula is C28H26N2O4. The number of nitrogens with zero attached hydrogens (tertiary/aromatic N) is 1. The zero-order chi connectivity index (χ0) is 23.9. The highest BCUT2D eigenvalue weighted by molar-refractivity contribution is 5.90. The zero-order valence-corrected chi connectivity index (χ0v) is 19.2. The number of esters is 2. The molecule has 0 saturated carbocycles. The summed E-state index contributed by atoms with van der Waals surface area (Å²) in [5.41, 5.74) is 5.31. The van der Waals surface area contributed by atoms with E-state index in [9.17, 15) is 9.59 Å². The SMILES string of the molecule is COC(=O)c1cccc(CCc2[nH]c(-c3ccccc3C)nc2C(=O)OCc2ccccc2)c1. The van der Waals surface area contributed by atoms with Crippen LogP contribution in [-0.2, 0) is 28.9 Å². The third-order valence-electron chi connectivity index (χ3n) is 5.60. The maximum atomic E-state index is 13.0. The van der Waals surface area contributed by atoms with E-state index >= 15 is 0 Å². The molecule has 0 spiro atoms. The molecule has 6 heteroatoms. The van der Waals surface area contributed by atoms with Crippen LogP contribution in [0.3, 0.4) is 0 Å². The first-order chi connectivity index (χ1) is 16.5. The Morgan fingerprint density at radius 3 is 2.35 bits per heavy atom. The summed E-state index contributed by atoms with van der Waals surface area (Å²) in [4.78, 5) is 32.8. The highest BCUT2D eigenvalue weighted by Gasteiger charge is 2.20. The van der Waals surface area contributed by atoms with Crippen molar-refractivity contribution in [2.45, 2.75) is 26.4 Å². The molecule has 4 aromatic rings. The minimum absolute atomic E-state index is 0.173. The van der Waals surface area contributed by atoms with E-state index in [0.717, 1.165) is 22.3 Å². The van der Waals surface area contributed by atoms with Crippen LogP contribution in [0.2, 0.25) is 0 Å². The maximum absolute atomic E-state index is 13.0. The van der Waals surface area contributed by atoms with Crippen LogP contribution < -0.4 is 0 Å². The second-order valence-corrected chi connectivity index (χ2v) is 7.98. The Kier molecular flexibility index (Phi) is 7.18. The van der Waals surface area contributed by atoms with E-state index in [1.54, 1.807) is 12.1 Å². The minimum Gasteiger partial charge on any atom is -0.465 e. The van der Waals surface area contributed by atoms with Gasteiger partial charge in [-0.2, -0.15) is 0 Å². The van der Waals surface area contributed by atoms with Gasteiger partial charge in [0.05, 0.1) is 18.4 Å². The van der Waals surface area contributed by atoms with Gasteiger partial charge in [0.25, 0.3) is 0 Å². The van der Waals surface area contributed by atoms with E-state index in [-0.39, 0.29) is 18.3 Å². The van der Waals surface area contributed by atoms with Gasteiger partial charge in [-0.05, 0) is 48.6 Å². The normalized spacial score (nSPS) is 10.6. The van der Waals surface area contributed by atoms with Gasteiger partial charge in [0.1, 0.15) is 12.4 Å². The number of hydrogen-bond acceptors (Lipinski definition) is 5. The Morgan fingerprint density at radius 2 is 1.59 bits per heavy atom. The molecule has 172 valence electrons. The summed E-state index contributed by atoms with van der Waals surface area (Å²) >= 11 is 0. The molecule has 0 bridgehead atoms. The average molecular weight is 455 g/mol. The van der Waals surface area contributed by atoms with E-state index < -0.39 is 5.97 Å². The largest absolute Gasteiger partial charge is 0.465 e. The molecule has 1 N–H and O–H groups in total. The fourth-order valence-electron chi connectivity index (χ4n) is 3.76. The van der Waals surface area contributed by atoms with Crippen LogP contribution in [0.25, 0.3) is 11.4 Å². The molecule has 0 fully saturated rings. The lowest BCUT2D eigenvalue weighted by Gasteiger charge is -2.06. The molecule has 0 unspecified atom stereocenters. The predicted molar refractivity (Wildman–Crippen MR) is 130 cm³/mol. The van der Waals surface area contributed by atoms with Crippen LogP contribution in [0, 0.1) is 6.92 Å². The lowest BCUT2D eigenvalue weighted by Crippen LogP contribution is -2.09. The summed E-state index contributed by atoms with van der Waals surface area (Å²) in [5, 5.41) is 0. The molecule has 0 aliphatic carbocycles. The molecule has 1 aromatic heterocycles. The lowest BCUT2D eigenvalue weighted by atomic mass is 10.0. The smallest absolute Gasteiger partial charge is 0.359 e. The molecule has 0 atom stereocenters. The molecular weight excluding hydrogens is 428 g/mol. The van der Waals surface area contributed by atoms with E-state index in [1.165, 1.54) is 7.11 Å². The highest BCUT2D eigenvalue weighted by atomic mass is 16.5. The Balaban J connectivity index is 1.59. The number of benzene rings is 3. The Labute approximate surface area is 198 Å². The van der Waals surface area contributed by atoms with Crippen LogP contribution >= 0.6 is 0 Å². The number of carbonyl (C=O) groups excluding carboxylic acids is 2. The van der Waals surface area contributed by atoms with Crippen LogP contribution in [0.4, 0.5) is 0 Å². The third kappa shape index (κ3) is 5.41. The molecule has 4 rings (SSSR count). The number of aromatic nitrogens is 2. The number of aryl methyl sites for hydroxylation is 3. The first kappa shape index (κ1) is 23.0. The van der Waals surface area contributed by atoms with Crippen molar-refractivity contribution in [2.75, 3.05) is 7.11 Å². The van der Waals surface area contributed by atoms with Crippen LogP contribution in [0.15, 0.2) is 78.9 Å². The van der Waals surface area contributed by atoms with Gasteiger partial charge in [-0.1, -0.05) is 66.7 Å². The topological polar surface area (TPSA) is 81.3 Å². The highest BCUT2D eigenvalue weighted by Crippen LogP contribution is 2.23. The number of hydrogen-bond donors (Lipinski definition) is 1. The number of aromatic amines is 1. The van der Waals surface area contributed by atoms with Crippen LogP contribution in [0.5, 0.6) is 0 Å². The number of rotatable bonds is 8. The van der Waals surface area contributed by atoms with E-state index in [0.29, 0.717) is 29.9 Å². The van der Waals surface area contributed by atoms with Crippen molar-refractivity contribution in [1.29, 1.82) is 0 Å². The fourth-order valence-corrected chi connectivity index (χ4v) is 3.76. The van der Waals surface area contributed by atoms with Gasteiger partial charge >= 0.3 is 11.9 Å². The number of ether oxygens (including phenoxy) is 2.